The van der Waals surface area contributed by atoms with Gasteiger partial charge in [-0.05, 0) is 31.6 Å². The maximum atomic E-state index is 12.8. The second kappa shape index (κ2) is 6.80. The number of allylic oxidation sites excluding steroid dienone is 2. The molecular weight excluding hydrogens is 322 g/mol. The first kappa shape index (κ1) is 18.3. The summed E-state index contributed by atoms with van der Waals surface area (Å²) < 4.78 is 0. The van der Waals surface area contributed by atoms with Crippen LogP contribution in [-0.4, -0.2) is 39.9 Å². The van der Waals surface area contributed by atoms with Crippen LogP contribution in [0.5, 0.6) is 0 Å². The minimum atomic E-state index is -0.899. The molecule has 25 heavy (non-hydrogen) atoms. The van der Waals surface area contributed by atoms with Gasteiger partial charge in [-0.25, -0.2) is 4.99 Å². The quantitative estimate of drug-likeness (QED) is 0.624. The summed E-state index contributed by atoms with van der Waals surface area (Å²) in [5.41, 5.74) is 0.630. The fraction of sp³-hybridized carbons (Fsp3) is 0.278. The number of likely N-dealkylation sites (N-methyl/N-ethyl adjacent to an activating group) is 1. The van der Waals surface area contributed by atoms with Gasteiger partial charge in [0.25, 0.3) is 11.6 Å². The molecule has 0 aromatic heterocycles. The van der Waals surface area contributed by atoms with E-state index in [0.29, 0.717) is 11.3 Å². The highest BCUT2D eigenvalue weighted by Crippen LogP contribution is 2.28. The second-order valence-corrected chi connectivity index (χ2v) is 6.00. The van der Waals surface area contributed by atoms with E-state index >= 15 is 0 Å². The average Bonchev–Trinajstić information content (AvgIpc) is 2.57. The summed E-state index contributed by atoms with van der Waals surface area (Å²) in [6.07, 6.45) is 5.44. The van der Waals surface area contributed by atoms with E-state index in [1.807, 2.05) is 19.1 Å². The highest BCUT2D eigenvalue weighted by molar-refractivity contribution is 6.15. The topological polar surface area (TPSA) is 92.9 Å². The van der Waals surface area contributed by atoms with Crippen LogP contribution in [0.3, 0.4) is 0 Å². The van der Waals surface area contributed by atoms with Crippen LogP contribution in [0.25, 0.3) is 0 Å². The van der Waals surface area contributed by atoms with Crippen LogP contribution in [0.4, 0.5) is 5.69 Å². The number of aliphatic imine (C=N–C) groups is 1. The lowest BCUT2D eigenvalue weighted by Crippen LogP contribution is -2.53. The van der Waals surface area contributed by atoms with Gasteiger partial charge in [0.15, 0.2) is 0 Å². The number of carbonyl (C=O) groups is 2. The molecule has 0 bridgehead atoms. The normalized spacial score (nSPS) is 21.0. The van der Waals surface area contributed by atoms with Crippen LogP contribution < -0.4 is 0 Å². The van der Waals surface area contributed by atoms with Crippen LogP contribution in [0.15, 0.2) is 53.1 Å². The van der Waals surface area contributed by atoms with E-state index in [2.05, 4.69) is 4.99 Å². The molecule has 7 nitrogen and oxygen atoms in total. The Kier molecular flexibility index (Phi) is 4.97. The van der Waals surface area contributed by atoms with Crippen molar-refractivity contribution in [3.05, 3.63) is 63.7 Å². The molecule has 0 fully saturated rings. The van der Waals surface area contributed by atoms with E-state index < -0.39 is 10.5 Å². The Labute approximate surface area is 145 Å². The van der Waals surface area contributed by atoms with E-state index in [0.717, 1.165) is 5.57 Å². The fourth-order valence-corrected chi connectivity index (χ4v) is 2.70. The molecule has 7 heteroatoms. The molecule has 2 rings (SSSR count). The highest BCUT2D eigenvalue weighted by atomic mass is 16.6. The smallest absolute Gasteiger partial charge is 0.269 e. The predicted octanol–water partition coefficient (Wildman–Crippen LogP) is 2.93. The number of hydrogen-bond acceptors (Lipinski definition) is 4. The Bertz CT molecular complexity index is 821. The van der Waals surface area contributed by atoms with Crippen molar-refractivity contribution in [1.29, 1.82) is 0 Å². The van der Waals surface area contributed by atoms with Crippen molar-refractivity contribution in [3.63, 3.8) is 0 Å². The van der Waals surface area contributed by atoms with Gasteiger partial charge in [-0.1, -0.05) is 18.2 Å². The standard InChI is InChI=1S/C18H19N3O4/c1-12-6-5-11-18(3,16(12)19-13(2)22)20(4)17(23)14-7-9-15(10-8-14)21(24)25/h5-11H,1-4H3. The van der Waals surface area contributed by atoms with E-state index in [1.54, 1.807) is 20.0 Å². The number of non-ortho nitro benzene ring substituents is 1. The minimum Gasteiger partial charge on any atom is -0.327 e. The number of amides is 2. The lowest BCUT2D eigenvalue weighted by molar-refractivity contribution is -0.384. The summed E-state index contributed by atoms with van der Waals surface area (Å²) in [6.45, 7) is 4.98. The lowest BCUT2D eigenvalue weighted by atomic mass is 9.84. The van der Waals surface area contributed by atoms with Gasteiger partial charge in [-0.3, -0.25) is 19.7 Å². The fourth-order valence-electron chi connectivity index (χ4n) is 2.70. The van der Waals surface area contributed by atoms with Gasteiger partial charge in [0, 0.05) is 31.7 Å². The molecule has 130 valence electrons. The van der Waals surface area contributed by atoms with Gasteiger partial charge in [0.2, 0.25) is 5.91 Å². The monoisotopic (exact) mass is 341 g/mol. The van der Waals surface area contributed by atoms with Crippen molar-refractivity contribution in [2.45, 2.75) is 26.3 Å². The van der Waals surface area contributed by atoms with E-state index in [1.165, 1.54) is 36.1 Å². The first-order valence-electron chi connectivity index (χ1n) is 7.65. The van der Waals surface area contributed by atoms with Crippen molar-refractivity contribution in [1.82, 2.24) is 4.90 Å². The summed E-state index contributed by atoms with van der Waals surface area (Å²) in [7, 11) is 1.61. The van der Waals surface area contributed by atoms with E-state index in [-0.39, 0.29) is 17.5 Å². The van der Waals surface area contributed by atoms with Crippen molar-refractivity contribution in [2.75, 3.05) is 7.05 Å². The summed E-state index contributed by atoms with van der Waals surface area (Å²) in [5, 5.41) is 10.7. The molecule has 1 aliphatic carbocycles. The second-order valence-electron chi connectivity index (χ2n) is 6.00. The third kappa shape index (κ3) is 3.55. The number of hydrogen-bond donors (Lipinski definition) is 0. The molecule has 0 radical (unpaired) electrons. The Morgan fingerprint density at radius 1 is 1.24 bits per heavy atom. The SMILES string of the molecule is CC(=O)N=C1C(C)=CC=CC1(C)N(C)C(=O)c1ccc([N+](=O)[O-])cc1. The maximum Gasteiger partial charge on any atom is 0.269 e. The van der Waals surface area contributed by atoms with Crippen molar-refractivity contribution in [3.8, 4) is 0 Å². The van der Waals surface area contributed by atoms with E-state index in [9.17, 15) is 19.7 Å². The zero-order chi connectivity index (χ0) is 18.8. The van der Waals surface area contributed by atoms with Crippen LogP contribution in [0.1, 0.15) is 31.1 Å². The van der Waals surface area contributed by atoms with Crippen LogP contribution in [-0.2, 0) is 4.79 Å². The van der Waals surface area contributed by atoms with Gasteiger partial charge in [-0.2, -0.15) is 0 Å². The van der Waals surface area contributed by atoms with Gasteiger partial charge >= 0.3 is 0 Å². The van der Waals surface area contributed by atoms with Crippen LogP contribution in [0.2, 0.25) is 0 Å². The van der Waals surface area contributed by atoms with E-state index in [4.69, 9.17) is 0 Å². The Morgan fingerprint density at radius 3 is 2.36 bits per heavy atom. The molecule has 0 saturated carbocycles. The minimum absolute atomic E-state index is 0.0828. The molecule has 2 amide bonds. The summed E-state index contributed by atoms with van der Waals surface area (Å²) in [4.78, 5) is 40.1. The zero-order valence-electron chi connectivity index (χ0n) is 14.5. The van der Waals surface area contributed by atoms with Crippen molar-refractivity contribution >= 4 is 23.2 Å². The molecule has 1 atom stereocenters. The molecule has 1 unspecified atom stereocenters. The first-order chi connectivity index (χ1) is 11.7. The summed E-state index contributed by atoms with van der Waals surface area (Å²) >= 11 is 0. The zero-order valence-corrected chi connectivity index (χ0v) is 14.5. The molecule has 0 aliphatic heterocycles. The number of nitro benzene ring substituents is 1. The number of carbonyl (C=O) groups excluding carboxylic acids is 2. The average molecular weight is 341 g/mol. The molecule has 0 heterocycles. The van der Waals surface area contributed by atoms with Crippen molar-refractivity contribution < 1.29 is 14.5 Å². The molecule has 1 aromatic carbocycles. The lowest BCUT2D eigenvalue weighted by Gasteiger charge is -2.39. The number of rotatable bonds is 3. The number of benzene rings is 1. The summed E-state index contributed by atoms with van der Waals surface area (Å²) in [5.74, 6) is -0.673. The third-order valence-electron chi connectivity index (χ3n) is 4.22. The molecule has 1 aromatic rings. The van der Waals surface area contributed by atoms with Crippen LogP contribution >= 0.6 is 0 Å². The predicted molar refractivity (Wildman–Crippen MR) is 94.6 cm³/mol. The van der Waals surface area contributed by atoms with Crippen molar-refractivity contribution in [2.24, 2.45) is 4.99 Å². The molecule has 0 saturated heterocycles. The van der Waals surface area contributed by atoms with Crippen LogP contribution in [0, 0.1) is 10.1 Å². The first-order valence-corrected chi connectivity index (χ1v) is 7.65. The Morgan fingerprint density at radius 2 is 1.84 bits per heavy atom. The van der Waals surface area contributed by atoms with Gasteiger partial charge in [0.05, 0.1) is 10.6 Å². The van der Waals surface area contributed by atoms with Gasteiger partial charge in [0.1, 0.15) is 5.54 Å². The molecule has 1 aliphatic rings. The highest BCUT2D eigenvalue weighted by Gasteiger charge is 2.38. The third-order valence-corrected chi connectivity index (χ3v) is 4.22. The number of nitrogens with zero attached hydrogens (tertiary/aromatic N) is 3. The molecular formula is C18H19N3O4. The number of nitro groups is 1. The van der Waals surface area contributed by atoms with Gasteiger partial charge < -0.3 is 4.90 Å². The molecule has 0 N–H and O–H groups in total. The maximum absolute atomic E-state index is 12.8. The molecule has 0 spiro atoms. The summed E-state index contributed by atoms with van der Waals surface area (Å²) in [6, 6.07) is 5.40. The van der Waals surface area contributed by atoms with Gasteiger partial charge in [-0.15, -0.1) is 0 Å². The Hall–Kier alpha value is -3.09. The Balaban J connectivity index is 2.39. The largest absolute Gasteiger partial charge is 0.327 e.